The number of benzene rings is 2. The number of pyridine rings is 1. The van der Waals surface area contributed by atoms with Crippen molar-refractivity contribution in [3.63, 3.8) is 0 Å². The van der Waals surface area contributed by atoms with E-state index in [0.717, 1.165) is 0 Å². The van der Waals surface area contributed by atoms with E-state index in [0.29, 0.717) is 22.2 Å². The molecule has 1 aliphatic heterocycles. The highest BCUT2D eigenvalue weighted by Crippen LogP contribution is 2.38. The molecule has 2 aliphatic rings. The molecule has 0 spiro atoms. The van der Waals surface area contributed by atoms with Gasteiger partial charge in [0.25, 0.3) is 5.91 Å². The second-order valence-corrected chi connectivity index (χ2v) is 11.7. The van der Waals surface area contributed by atoms with Crippen LogP contribution in [0.5, 0.6) is 0 Å². The fourth-order valence-corrected chi connectivity index (χ4v) is 6.27. The summed E-state index contributed by atoms with van der Waals surface area (Å²) in [4.78, 5) is 49.1. The van der Waals surface area contributed by atoms with Gasteiger partial charge in [0.15, 0.2) is 0 Å². The number of aromatic amines is 1. The van der Waals surface area contributed by atoms with Crippen molar-refractivity contribution in [2.75, 3.05) is 9.80 Å². The smallest absolute Gasteiger partial charge is 0.251 e. The lowest BCUT2D eigenvalue weighted by Crippen LogP contribution is -2.53. The van der Waals surface area contributed by atoms with E-state index >= 15 is 0 Å². The molecule has 3 heterocycles. The lowest BCUT2D eigenvalue weighted by Gasteiger charge is -2.37. The number of aromatic nitrogens is 3. The van der Waals surface area contributed by atoms with Crippen molar-refractivity contribution in [1.82, 2.24) is 20.5 Å². The number of alkyl halides is 2. The van der Waals surface area contributed by atoms with Gasteiger partial charge in [0.2, 0.25) is 17.7 Å². The third-order valence-corrected chi connectivity index (χ3v) is 8.67. The minimum Gasteiger partial charge on any atom is -0.351 e. The predicted octanol–water partition coefficient (Wildman–Crippen LogP) is 5.45. The number of H-pyrrole nitrogens is 1. The Hall–Kier alpha value is -4.89. The molecule has 1 unspecified atom stereocenters. The van der Waals surface area contributed by atoms with Gasteiger partial charge in [0.05, 0.1) is 23.3 Å². The number of nitrogens with zero attached hydrogens (tertiary/aromatic N) is 5. The van der Waals surface area contributed by atoms with Gasteiger partial charge in [-0.05, 0) is 55.7 Å². The van der Waals surface area contributed by atoms with E-state index in [2.05, 4.69) is 20.5 Å². The second kappa shape index (κ2) is 12.2. The van der Waals surface area contributed by atoms with Crippen LogP contribution in [-0.2, 0) is 14.4 Å². The van der Waals surface area contributed by atoms with Gasteiger partial charge in [0.1, 0.15) is 17.9 Å². The summed E-state index contributed by atoms with van der Waals surface area (Å²) in [6.45, 7) is 0. The second-order valence-electron chi connectivity index (χ2n) is 11.2. The first-order valence-corrected chi connectivity index (χ1v) is 14.9. The van der Waals surface area contributed by atoms with Crippen LogP contribution in [0.15, 0.2) is 67.0 Å². The van der Waals surface area contributed by atoms with Crippen molar-refractivity contribution < 1.29 is 23.2 Å². The SMILES string of the molecule is N#Cc1ccnc(N2C(=O)CCC2C(=O)N(c2ccc3[nH]ncc3c2)[C@H](C(=O)NC2CCC(F)(F)CC2)c2ccccc2Cl)c1. The number of anilines is 2. The predicted molar refractivity (Wildman–Crippen MR) is 163 cm³/mol. The maximum atomic E-state index is 14.8. The van der Waals surface area contributed by atoms with E-state index in [4.69, 9.17) is 11.6 Å². The van der Waals surface area contributed by atoms with Crippen LogP contribution >= 0.6 is 11.6 Å². The van der Waals surface area contributed by atoms with Crippen LogP contribution in [0.2, 0.25) is 5.02 Å². The topological polar surface area (TPSA) is 135 Å². The lowest BCUT2D eigenvalue weighted by atomic mass is 9.91. The number of fused-ring (bicyclic) bond motifs is 1. The van der Waals surface area contributed by atoms with E-state index in [9.17, 15) is 28.4 Å². The van der Waals surface area contributed by atoms with Gasteiger partial charge in [-0.1, -0.05) is 29.8 Å². The zero-order valence-electron chi connectivity index (χ0n) is 23.9. The molecular formula is C32H28ClF2N7O3. The van der Waals surface area contributed by atoms with Crippen LogP contribution in [0.1, 0.15) is 55.7 Å². The standard InChI is InChI=1S/C32H28ClF2N7O3/c33-24-4-2-1-3-23(24)29(30(44)39-21-9-12-32(34,35)13-10-21)41(22-5-6-25-20(16-22)18-38-40-25)31(45)26-7-8-28(43)42(26)27-15-19(17-36)11-14-37-27/h1-6,11,14-16,18,21,26,29H,7-10,12-13H2,(H,38,40)(H,39,44)/t26?,29-/m0/s1. The monoisotopic (exact) mass is 631 g/mol. The summed E-state index contributed by atoms with van der Waals surface area (Å²) in [5.74, 6) is -4.19. The van der Waals surface area contributed by atoms with Crippen molar-refractivity contribution in [1.29, 1.82) is 5.26 Å². The molecule has 230 valence electrons. The minimum atomic E-state index is -2.79. The molecule has 1 saturated heterocycles. The molecule has 13 heteroatoms. The van der Waals surface area contributed by atoms with E-state index in [1.165, 1.54) is 28.1 Å². The number of carbonyl (C=O) groups excluding carboxylic acids is 3. The number of rotatable bonds is 7. The Kier molecular flexibility index (Phi) is 8.20. The molecule has 2 aromatic carbocycles. The Bertz CT molecular complexity index is 1810. The summed E-state index contributed by atoms with van der Waals surface area (Å²) in [5, 5.41) is 20.2. The summed E-state index contributed by atoms with van der Waals surface area (Å²) in [6.07, 6.45) is 2.59. The maximum Gasteiger partial charge on any atom is 0.251 e. The van der Waals surface area contributed by atoms with E-state index in [1.807, 2.05) is 6.07 Å². The molecular weight excluding hydrogens is 604 g/mol. The average Bonchev–Trinajstić information content (AvgIpc) is 3.67. The molecule has 4 aromatic rings. The van der Waals surface area contributed by atoms with E-state index in [1.54, 1.807) is 48.7 Å². The highest BCUT2D eigenvalue weighted by molar-refractivity contribution is 6.31. The Morgan fingerprint density at radius 1 is 1.13 bits per heavy atom. The molecule has 1 saturated carbocycles. The molecule has 2 aromatic heterocycles. The highest BCUT2D eigenvalue weighted by Gasteiger charge is 2.45. The summed E-state index contributed by atoms with van der Waals surface area (Å²) in [6, 6.07) is 13.7. The summed E-state index contributed by atoms with van der Waals surface area (Å²) >= 11 is 6.66. The molecule has 45 heavy (non-hydrogen) atoms. The van der Waals surface area contributed by atoms with Crippen molar-refractivity contribution in [3.05, 3.63) is 83.1 Å². The number of halogens is 3. The molecule has 6 rings (SSSR count). The summed E-state index contributed by atoms with van der Waals surface area (Å²) < 4.78 is 27.9. The largest absolute Gasteiger partial charge is 0.351 e. The highest BCUT2D eigenvalue weighted by atomic mass is 35.5. The molecule has 10 nitrogen and oxygen atoms in total. The third kappa shape index (κ3) is 6.08. The van der Waals surface area contributed by atoms with Crippen LogP contribution in [0.4, 0.5) is 20.3 Å². The fourth-order valence-electron chi connectivity index (χ4n) is 6.03. The van der Waals surface area contributed by atoms with Crippen molar-refractivity contribution in [2.45, 2.75) is 62.6 Å². The van der Waals surface area contributed by atoms with Crippen LogP contribution in [0, 0.1) is 11.3 Å². The Balaban J connectivity index is 1.46. The first-order chi connectivity index (χ1) is 21.6. The zero-order valence-corrected chi connectivity index (χ0v) is 24.7. The van der Waals surface area contributed by atoms with Crippen LogP contribution in [0.25, 0.3) is 10.9 Å². The zero-order chi connectivity index (χ0) is 31.7. The van der Waals surface area contributed by atoms with Gasteiger partial charge < -0.3 is 5.32 Å². The quantitative estimate of drug-likeness (QED) is 0.279. The Morgan fingerprint density at radius 3 is 2.67 bits per heavy atom. The molecule has 0 radical (unpaired) electrons. The summed E-state index contributed by atoms with van der Waals surface area (Å²) in [5.41, 5.74) is 1.61. The first-order valence-electron chi connectivity index (χ1n) is 14.5. The molecule has 2 fully saturated rings. The molecule has 2 N–H and O–H groups in total. The number of nitrogens with one attached hydrogen (secondary N) is 2. The number of amides is 3. The van der Waals surface area contributed by atoms with E-state index in [-0.39, 0.29) is 60.8 Å². The van der Waals surface area contributed by atoms with E-state index < -0.39 is 35.9 Å². The molecule has 2 atom stereocenters. The van der Waals surface area contributed by atoms with Crippen molar-refractivity contribution >= 4 is 51.7 Å². The van der Waals surface area contributed by atoms with Crippen molar-refractivity contribution in [2.24, 2.45) is 0 Å². The molecule has 3 amide bonds. The first kappa shape index (κ1) is 30.1. The maximum absolute atomic E-state index is 14.8. The fraction of sp³-hybridized carbons (Fsp3) is 0.312. The number of hydrogen-bond acceptors (Lipinski definition) is 6. The van der Waals surface area contributed by atoms with Gasteiger partial charge in [-0.15, -0.1) is 0 Å². The number of carbonyl (C=O) groups is 3. The third-order valence-electron chi connectivity index (χ3n) is 8.33. The number of hydrogen-bond donors (Lipinski definition) is 2. The minimum absolute atomic E-state index is 0.0444. The van der Waals surface area contributed by atoms with Gasteiger partial charge in [-0.3, -0.25) is 29.3 Å². The van der Waals surface area contributed by atoms with Gasteiger partial charge in [-0.2, -0.15) is 10.4 Å². The average molecular weight is 632 g/mol. The van der Waals surface area contributed by atoms with Gasteiger partial charge >= 0.3 is 0 Å². The number of nitriles is 1. The molecule has 1 aliphatic carbocycles. The van der Waals surface area contributed by atoms with Gasteiger partial charge in [0, 0.05) is 53.2 Å². The van der Waals surface area contributed by atoms with Crippen LogP contribution < -0.4 is 15.1 Å². The Labute approximate surface area is 262 Å². The normalized spacial score (nSPS) is 18.8. The van der Waals surface area contributed by atoms with Crippen LogP contribution in [0.3, 0.4) is 0 Å². The molecule has 0 bridgehead atoms. The Morgan fingerprint density at radius 2 is 1.91 bits per heavy atom. The summed E-state index contributed by atoms with van der Waals surface area (Å²) in [7, 11) is 0. The van der Waals surface area contributed by atoms with Gasteiger partial charge in [-0.25, -0.2) is 13.8 Å². The lowest BCUT2D eigenvalue weighted by molar-refractivity contribution is -0.128. The van der Waals surface area contributed by atoms with Crippen molar-refractivity contribution in [3.8, 4) is 6.07 Å². The van der Waals surface area contributed by atoms with Crippen LogP contribution in [-0.4, -0.2) is 50.9 Å².